The summed E-state index contributed by atoms with van der Waals surface area (Å²) < 4.78 is 5.09. The van der Waals surface area contributed by atoms with E-state index in [-0.39, 0.29) is 17.5 Å². The van der Waals surface area contributed by atoms with Gasteiger partial charge in [-0.05, 0) is 202 Å². The summed E-state index contributed by atoms with van der Waals surface area (Å²) >= 11 is 0. The predicted molar refractivity (Wildman–Crippen MR) is 425 cm³/mol. The number of hydrogen-bond acceptors (Lipinski definition) is 2. The molecule has 100 heavy (non-hydrogen) atoms. The SMILES string of the molecule is Cc1ccc2c(c1)c1cc(C)ccc1n2-c1ccc2c(c1)N(c1c(-c3ccccc3)cc(C(C)(C)C)cc1-c1ccccc1)c1cc(C3CCCCC3)cc3c1B2c1ccc(-n2c4ccccc4c4c5c(ccc42)=C=5)cc1N3c1c(-c2ccccc2)cc(C(C)(C)C)cc1-c1ccccc1. The van der Waals surface area contributed by atoms with Gasteiger partial charge in [0.1, 0.15) is 0 Å². The van der Waals surface area contributed by atoms with Crippen molar-refractivity contribution in [2.45, 2.75) is 104 Å². The average Bonchev–Trinajstić information content (AvgIpc) is 1.05. The van der Waals surface area contributed by atoms with Crippen LogP contribution in [0.25, 0.3) is 105 Å². The molecule has 2 aliphatic heterocycles. The van der Waals surface area contributed by atoms with Crippen molar-refractivity contribution in [3.8, 4) is 55.9 Å². The third-order valence-corrected chi connectivity index (χ3v) is 22.5. The first-order valence-electron chi connectivity index (χ1n) is 36.2. The third kappa shape index (κ3) is 9.57. The zero-order valence-corrected chi connectivity index (χ0v) is 58.4. The van der Waals surface area contributed by atoms with Gasteiger partial charge in [-0.3, -0.25) is 0 Å². The molecule has 4 nitrogen and oxygen atoms in total. The van der Waals surface area contributed by atoms with Gasteiger partial charge in [-0.2, -0.15) is 0 Å². The van der Waals surface area contributed by atoms with E-state index in [1.807, 2.05) is 0 Å². The summed E-state index contributed by atoms with van der Waals surface area (Å²) in [6, 6.07) is 103. The van der Waals surface area contributed by atoms with E-state index in [1.54, 1.807) is 0 Å². The number of aromatic nitrogens is 2. The first kappa shape index (κ1) is 60.1. The average molecular weight is 1290 g/mol. The van der Waals surface area contributed by atoms with Crippen molar-refractivity contribution in [1.82, 2.24) is 9.13 Å². The van der Waals surface area contributed by atoms with E-state index in [2.05, 4.69) is 347 Å². The molecule has 4 aliphatic rings. The number of aryl methyl sites for hydroxylation is 2. The van der Waals surface area contributed by atoms with E-state index in [0.29, 0.717) is 5.92 Å². The Labute approximate surface area is 587 Å². The van der Waals surface area contributed by atoms with Crippen LogP contribution in [0.2, 0.25) is 0 Å². The molecule has 1 fully saturated rings. The zero-order valence-electron chi connectivity index (χ0n) is 58.4. The normalized spacial score (nSPS) is 14.1. The number of anilines is 6. The molecular weight excluding hydrogens is 1210 g/mol. The molecule has 0 unspecified atom stereocenters. The quantitative estimate of drug-likeness (QED) is 0.134. The fraction of sp³-hybridized carbons (Fsp3) is 0.168. The summed E-state index contributed by atoms with van der Waals surface area (Å²) in [5, 5.41) is 7.51. The molecule has 2 aromatic heterocycles. The third-order valence-electron chi connectivity index (χ3n) is 22.5. The van der Waals surface area contributed by atoms with Crippen molar-refractivity contribution < 1.29 is 0 Å². The Balaban J connectivity index is 1.00. The van der Waals surface area contributed by atoms with Crippen LogP contribution in [0.15, 0.2) is 267 Å². The number of rotatable bonds is 9. The zero-order chi connectivity index (χ0) is 67.4. The smallest absolute Gasteiger partial charge is 0.252 e. The van der Waals surface area contributed by atoms with Crippen molar-refractivity contribution in [3.63, 3.8) is 0 Å². The molecule has 2 aliphatic carbocycles. The van der Waals surface area contributed by atoms with E-state index in [4.69, 9.17) is 0 Å². The predicted octanol–water partition coefficient (Wildman–Crippen LogP) is 22.0. The molecule has 0 amide bonds. The highest BCUT2D eigenvalue weighted by Gasteiger charge is 2.47. The second-order valence-electron chi connectivity index (χ2n) is 30.9. The molecule has 0 saturated heterocycles. The van der Waals surface area contributed by atoms with Crippen LogP contribution in [0.1, 0.15) is 107 Å². The van der Waals surface area contributed by atoms with Gasteiger partial charge in [0.25, 0.3) is 6.71 Å². The summed E-state index contributed by atoms with van der Waals surface area (Å²) in [5.74, 6) is 0.345. The van der Waals surface area contributed by atoms with Crippen LogP contribution in [0.3, 0.4) is 0 Å². The van der Waals surface area contributed by atoms with Gasteiger partial charge in [0.05, 0.1) is 33.4 Å². The van der Waals surface area contributed by atoms with Gasteiger partial charge in [-0.15, -0.1) is 5.73 Å². The van der Waals surface area contributed by atoms with Crippen molar-refractivity contribution in [2.24, 2.45) is 0 Å². The maximum atomic E-state index is 3.66. The minimum Gasteiger partial charge on any atom is -0.310 e. The second-order valence-corrected chi connectivity index (χ2v) is 30.9. The van der Waals surface area contributed by atoms with Crippen molar-refractivity contribution in [2.75, 3.05) is 9.80 Å². The number of benzene rings is 13. The van der Waals surface area contributed by atoms with E-state index >= 15 is 0 Å². The fourth-order valence-electron chi connectivity index (χ4n) is 17.5. The van der Waals surface area contributed by atoms with Crippen LogP contribution in [-0.4, -0.2) is 15.8 Å². The van der Waals surface area contributed by atoms with Gasteiger partial charge < -0.3 is 18.9 Å². The summed E-state index contributed by atoms with van der Waals surface area (Å²) in [5.41, 5.74) is 37.4. The highest BCUT2D eigenvalue weighted by Crippen LogP contribution is 2.56. The van der Waals surface area contributed by atoms with Gasteiger partial charge in [0.2, 0.25) is 0 Å². The largest absolute Gasteiger partial charge is 0.310 e. The lowest BCUT2D eigenvalue weighted by molar-refractivity contribution is 0.444. The molecule has 0 spiro atoms. The van der Waals surface area contributed by atoms with E-state index in [0.717, 1.165) is 24.2 Å². The fourth-order valence-corrected chi connectivity index (χ4v) is 17.5. The molecule has 15 aromatic rings. The molecule has 0 atom stereocenters. The van der Waals surface area contributed by atoms with Crippen LogP contribution in [0, 0.1) is 13.8 Å². The van der Waals surface area contributed by atoms with Gasteiger partial charge in [-0.1, -0.05) is 236 Å². The summed E-state index contributed by atoms with van der Waals surface area (Å²) in [4.78, 5) is 5.57. The Morgan fingerprint density at radius 2 is 0.780 bits per heavy atom. The summed E-state index contributed by atoms with van der Waals surface area (Å²) in [7, 11) is 0. The first-order valence-corrected chi connectivity index (χ1v) is 36.2. The molecule has 4 heterocycles. The van der Waals surface area contributed by atoms with E-state index in [1.165, 1.54) is 196 Å². The van der Waals surface area contributed by atoms with Crippen LogP contribution in [0.5, 0.6) is 0 Å². The Morgan fingerprint density at radius 3 is 1.23 bits per heavy atom. The molecule has 13 aromatic carbocycles. The number of hydrogen-bond donors (Lipinski definition) is 0. The standard InChI is InChI=1S/C95H79BN4/c1-59-38-45-83-78(48-59)79-49-60(2)39-46-84(79)97(83)70-41-43-80-86(57-70)99(92-74(62-28-16-10-17-29-62)53-68(94(3,4)5)54-75(92)63-30-18-11-19-31-63)88-51-67(61-26-14-9-15-27-61)52-89-91(88)96(80)81-44-42-71(98-82-37-25-24-36-72(82)90-73-50-66(73)40-47-85(90)98)58-87(81)100(89)93-76(64-32-20-12-21-33-64)55-69(95(6,7)8)56-77(93)65-34-22-13-23-35-65/h10-13,16-25,28-49,51-58,61H,9,14-15,26-27H2,1-8H3. The minimum atomic E-state index is -0.198. The van der Waals surface area contributed by atoms with E-state index < -0.39 is 0 Å². The highest BCUT2D eigenvalue weighted by molar-refractivity contribution is 7.00. The number of fused-ring (bicyclic) bond motifs is 12. The molecule has 19 rings (SSSR count). The Kier molecular flexibility index (Phi) is 13.7. The van der Waals surface area contributed by atoms with Gasteiger partial charge in [0.15, 0.2) is 0 Å². The lowest BCUT2D eigenvalue weighted by Gasteiger charge is -2.46. The van der Waals surface area contributed by atoms with E-state index in [9.17, 15) is 0 Å². The Morgan fingerprint density at radius 1 is 0.370 bits per heavy atom. The van der Waals surface area contributed by atoms with Crippen LogP contribution < -0.4 is 36.6 Å². The van der Waals surface area contributed by atoms with Crippen molar-refractivity contribution >= 4 is 107 Å². The molecule has 0 radical (unpaired) electrons. The van der Waals surface area contributed by atoms with Crippen LogP contribution in [0.4, 0.5) is 34.1 Å². The van der Waals surface area contributed by atoms with Crippen LogP contribution in [-0.2, 0) is 10.8 Å². The highest BCUT2D eigenvalue weighted by atomic mass is 15.2. The Bertz CT molecular complexity index is 5850. The monoisotopic (exact) mass is 1290 g/mol. The van der Waals surface area contributed by atoms with Gasteiger partial charge in [-0.25, -0.2) is 0 Å². The number of para-hydroxylation sites is 1. The molecule has 5 heteroatoms. The van der Waals surface area contributed by atoms with Crippen LogP contribution >= 0.6 is 0 Å². The molecular formula is C95H79BN4. The molecule has 0 bridgehead atoms. The number of nitrogens with zero attached hydrogens (tertiary/aromatic N) is 4. The van der Waals surface area contributed by atoms with Gasteiger partial charge in [0, 0.05) is 88.4 Å². The minimum absolute atomic E-state index is 0.173. The van der Waals surface area contributed by atoms with Crippen molar-refractivity contribution in [1.29, 1.82) is 0 Å². The lowest BCUT2D eigenvalue weighted by atomic mass is 9.33. The summed E-state index contributed by atoms with van der Waals surface area (Å²) in [6.45, 7) is 18.5. The topological polar surface area (TPSA) is 16.3 Å². The molecule has 482 valence electrons. The molecule has 0 N–H and O–H groups in total. The first-order chi connectivity index (χ1) is 48.7. The molecule has 1 saturated carbocycles. The maximum Gasteiger partial charge on any atom is 0.252 e. The van der Waals surface area contributed by atoms with Gasteiger partial charge >= 0.3 is 0 Å². The maximum absolute atomic E-state index is 3.66. The van der Waals surface area contributed by atoms with Crippen molar-refractivity contribution in [3.05, 3.63) is 305 Å². The Hall–Kier alpha value is -11.1. The lowest BCUT2D eigenvalue weighted by Crippen LogP contribution is -2.61. The second kappa shape index (κ2) is 22.7. The summed E-state index contributed by atoms with van der Waals surface area (Å²) in [6.07, 6.45) is 5.94.